The van der Waals surface area contributed by atoms with E-state index in [-0.39, 0.29) is 4.90 Å². The summed E-state index contributed by atoms with van der Waals surface area (Å²) in [5.41, 5.74) is 5.72. The molecule has 4 N–H and O–H groups in total. The van der Waals surface area contributed by atoms with Crippen LogP contribution < -0.4 is 11.1 Å². The summed E-state index contributed by atoms with van der Waals surface area (Å²) in [5, 5.41) is 10.9. The second kappa shape index (κ2) is 5.81. The van der Waals surface area contributed by atoms with Gasteiger partial charge in [-0.2, -0.15) is 0 Å². The van der Waals surface area contributed by atoms with E-state index >= 15 is 0 Å². The highest BCUT2D eigenvalue weighted by Gasteiger charge is 2.17. The third kappa shape index (κ3) is 4.68. The number of aliphatic carboxylic acids is 1. The van der Waals surface area contributed by atoms with E-state index in [9.17, 15) is 18.0 Å². The summed E-state index contributed by atoms with van der Waals surface area (Å²) in [6.45, 7) is 0. The molecule has 0 saturated heterocycles. The van der Waals surface area contributed by atoms with E-state index < -0.39 is 34.2 Å². The van der Waals surface area contributed by atoms with Crippen LogP contribution in [0.25, 0.3) is 0 Å². The molecule has 1 unspecified atom stereocenters. The molecule has 1 aromatic rings. The third-order valence-corrected chi connectivity index (χ3v) is 3.41. The topological polar surface area (TPSA) is 127 Å². The number of hydrogen-bond donors (Lipinski definition) is 3. The second-order valence-corrected chi connectivity index (χ2v) is 6.01. The maximum Gasteiger partial charge on any atom is 0.305 e. The Kier molecular flexibility index (Phi) is 4.62. The SMILES string of the molecule is CS(=O)(=O)c1ccc(NC(=O)C(N)CC(=O)O)cc1. The van der Waals surface area contributed by atoms with E-state index in [0.29, 0.717) is 5.69 Å². The van der Waals surface area contributed by atoms with Crippen molar-refractivity contribution in [2.24, 2.45) is 5.73 Å². The Hall–Kier alpha value is -1.93. The lowest BCUT2D eigenvalue weighted by Crippen LogP contribution is -2.37. The van der Waals surface area contributed by atoms with Crippen LogP contribution in [0.1, 0.15) is 6.42 Å². The molecule has 7 nitrogen and oxygen atoms in total. The first-order valence-corrected chi connectivity index (χ1v) is 7.17. The summed E-state index contributed by atoms with van der Waals surface area (Å²) in [7, 11) is -3.30. The lowest BCUT2D eigenvalue weighted by Gasteiger charge is -2.10. The number of carboxylic acid groups (broad SMARTS) is 1. The van der Waals surface area contributed by atoms with Gasteiger partial charge in [0.1, 0.15) is 0 Å². The summed E-state index contributed by atoms with van der Waals surface area (Å²) in [4.78, 5) is 22.0. The van der Waals surface area contributed by atoms with Gasteiger partial charge in [0.15, 0.2) is 9.84 Å². The molecule has 0 radical (unpaired) electrons. The van der Waals surface area contributed by atoms with Crippen molar-refractivity contribution in [3.63, 3.8) is 0 Å². The van der Waals surface area contributed by atoms with Gasteiger partial charge in [-0.05, 0) is 24.3 Å². The smallest absolute Gasteiger partial charge is 0.305 e. The molecule has 19 heavy (non-hydrogen) atoms. The molecule has 1 rings (SSSR count). The molecule has 104 valence electrons. The van der Waals surface area contributed by atoms with Crippen LogP contribution >= 0.6 is 0 Å². The maximum absolute atomic E-state index is 11.5. The summed E-state index contributed by atoms with van der Waals surface area (Å²) >= 11 is 0. The molecule has 0 heterocycles. The molecule has 0 aliphatic heterocycles. The van der Waals surface area contributed by atoms with Crippen LogP contribution in [0, 0.1) is 0 Å². The molecule has 0 bridgehead atoms. The predicted molar refractivity (Wildman–Crippen MR) is 68.4 cm³/mol. The van der Waals surface area contributed by atoms with Gasteiger partial charge >= 0.3 is 5.97 Å². The van der Waals surface area contributed by atoms with Gasteiger partial charge in [-0.1, -0.05) is 0 Å². The van der Waals surface area contributed by atoms with E-state index in [4.69, 9.17) is 10.8 Å². The van der Waals surface area contributed by atoms with Crippen molar-refractivity contribution in [2.45, 2.75) is 17.4 Å². The molecule has 0 saturated carbocycles. The van der Waals surface area contributed by atoms with Crippen molar-refractivity contribution in [3.8, 4) is 0 Å². The molecular formula is C11H14N2O5S. The second-order valence-electron chi connectivity index (χ2n) is 3.99. The van der Waals surface area contributed by atoms with Gasteiger partial charge in [-0.3, -0.25) is 9.59 Å². The maximum atomic E-state index is 11.5. The van der Waals surface area contributed by atoms with Gasteiger partial charge in [-0.25, -0.2) is 8.42 Å². The monoisotopic (exact) mass is 286 g/mol. The van der Waals surface area contributed by atoms with Gasteiger partial charge in [0.05, 0.1) is 17.4 Å². The Morgan fingerprint density at radius 2 is 1.84 bits per heavy atom. The van der Waals surface area contributed by atoms with E-state index in [2.05, 4.69) is 5.32 Å². The molecule has 1 aromatic carbocycles. The fourth-order valence-electron chi connectivity index (χ4n) is 1.30. The first-order valence-electron chi connectivity index (χ1n) is 5.28. The Morgan fingerprint density at radius 3 is 2.26 bits per heavy atom. The fraction of sp³-hybridized carbons (Fsp3) is 0.273. The van der Waals surface area contributed by atoms with E-state index in [1.54, 1.807) is 0 Å². The zero-order chi connectivity index (χ0) is 14.6. The number of amides is 1. The molecular weight excluding hydrogens is 272 g/mol. The minimum atomic E-state index is -3.30. The molecule has 0 aliphatic rings. The van der Waals surface area contributed by atoms with Crippen LogP contribution in [-0.4, -0.2) is 37.7 Å². The van der Waals surface area contributed by atoms with Gasteiger partial charge in [0.25, 0.3) is 0 Å². The normalized spacial score (nSPS) is 12.7. The Bertz CT molecular complexity index is 580. The van der Waals surface area contributed by atoms with Gasteiger partial charge in [-0.15, -0.1) is 0 Å². The minimum absolute atomic E-state index is 0.125. The third-order valence-electron chi connectivity index (χ3n) is 2.28. The van der Waals surface area contributed by atoms with Crippen molar-refractivity contribution in [1.29, 1.82) is 0 Å². The highest BCUT2D eigenvalue weighted by Crippen LogP contribution is 2.14. The van der Waals surface area contributed by atoms with Gasteiger partial charge in [0.2, 0.25) is 5.91 Å². The average Bonchev–Trinajstić information content (AvgIpc) is 2.27. The zero-order valence-corrected chi connectivity index (χ0v) is 11.0. The van der Waals surface area contributed by atoms with Crippen molar-refractivity contribution < 1.29 is 23.1 Å². The summed E-state index contributed by atoms with van der Waals surface area (Å²) < 4.78 is 22.4. The number of rotatable bonds is 5. The van der Waals surface area contributed by atoms with Crippen LogP contribution in [0.3, 0.4) is 0 Å². The molecule has 1 atom stereocenters. The number of nitrogens with one attached hydrogen (secondary N) is 1. The standard InChI is InChI=1S/C11H14N2O5S/c1-19(17,18)8-4-2-7(3-5-8)13-11(16)9(12)6-10(14)15/h2-5,9H,6,12H2,1H3,(H,13,16)(H,14,15). The number of carbonyl (C=O) groups is 2. The molecule has 0 spiro atoms. The minimum Gasteiger partial charge on any atom is -0.481 e. The highest BCUT2D eigenvalue weighted by atomic mass is 32.2. The number of carboxylic acids is 1. The van der Waals surface area contributed by atoms with Crippen molar-refractivity contribution in [1.82, 2.24) is 0 Å². The summed E-state index contributed by atoms with van der Waals surface area (Å²) in [5.74, 6) is -1.82. The number of carbonyl (C=O) groups excluding carboxylic acids is 1. The first kappa shape index (κ1) is 15.1. The van der Waals surface area contributed by atoms with Crippen molar-refractivity contribution in [3.05, 3.63) is 24.3 Å². The Morgan fingerprint density at radius 1 is 1.32 bits per heavy atom. The molecule has 0 fully saturated rings. The van der Waals surface area contributed by atoms with Crippen LogP contribution in [0.5, 0.6) is 0 Å². The Balaban J connectivity index is 2.73. The number of nitrogens with two attached hydrogens (primary N) is 1. The largest absolute Gasteiger partial charge is 0.481 e. The highest BCUT2D eigenvalue weighted by molar-refractivity contribution is 7.90. The molecule has 1 amide bonds. The predicted octanol–water partition coefficient (Wildman–Crippen LogP) is -0.169. The summed E-state index contributed by atoms with van der Waals surface area (Å²) in [6, 6.07) is 4.33. The van der Waals surface area contributed by atoms with Crippen LogP contribution in [0.15, 0.2) is 29.2 Å². The molecule has 8 heteroatoms. The zero-order valence-electron chi connectivity index (χ0n) is 10.2. The lowest BCUT2D eigenvalue weighted by atomic mass is 10.2. The average molecular weight is 286 g/mol. The van der Waals surface area contributed by atoms with Crippen LogP contribution in [0.4, 0.5) is 5.69 Å². The van der Waals surface area contributed by atoms with E-state index in [1.807, 2.05) is 0 Å². The quantitative estimate of drug-likeness (QED) is 0.689. The fourth-order valence-corrected chi connectivity index (χ4v) is 1.93. The molecule has 0 aliphatic carbocycles. The van der Waals surface area contributed by atoms with Crippen LogP contribution in [-0.2, 0) is 19.4 Å². The van der Waals surface area contributed by atoms with E-state index in [0.717, 1.165) is 6.26 Å². The molecule has 0 aromatic heterocycles. The van der Waals surface area contributed by atoms with Gasteiger partial charge < -0.3 is 16.2 Å². The number of hydrogen-bond acceptors (Lipinski definition) is 5. The van der Waals surface area contributed by atoms with Crippen LogP contribution in [0.2, 0.25) is 0 Å². The Labute approximate surface area is 110 Å². The van der Waals surface area contributed by atoms with Crippen molar-refractivity contribution in [2.75, 3.05) is 11.6 Å². The first-order chi connectivity index (χ1) is 8.70. The van der Waals surface area contributed by atoms with Crippen molar-refractivity contribution >= 4 is 27.4 Å². The number of anilines is 1. The number of benzene rings is 1. The summed E-state index contributed by atoms with van der Waals surface area (Å²) in [6.07, 6.45) is 0.594. The van der Waals surface area contributed by atoms with Gasteiger partial charge in [0, 0.05) is 11.9 Å². The van der Waals surface area contributed by atoms with E-state index in [1.165, 1.54) is 24.3 Å². The lowest BCUT2D eigenvalue weighted by molar-refractivity contribution is -0.138. The number of sulfone groups is 1.